The molecule has 12 heavy (non-hydrogen) atoms. The Balaban J connectivity index is 2.04. The standard InChI is InChI=1S/C9H16N2S/c1-11(2)5-4-10-7-9-3-6-12-8-9/h3,6,8,10H,4-5,7H2,1-2H3. The molecule has 1 aromatic heterocycles. The lowest BCUT2D eigenvalue weighted by molar-refractivity contribution is 0.400. The maximum Gasteiger partial charge on any atom is 0.0214 e. The van der Waals surface area contributed by atoms with Crippen molar-refractivity contribution in [3.8, 4) is 0 Å². The van der Waals surface area contributed by atoms with Crippen LogP contribution in [0.5, 0.6) is 0 Å². The molecule has 0 spiro atoms. The highest BCUT2D eigenvalue weighted by Gasteiger charge is 1.92. The summed E-state index contributed by atoms with van der Waals surface area (Å²) >= 11 is 1.75. The van der Waals surface area contributed by atoms with Gasteiger partial charge in [-0.15, -0.1) is 0 Å². The van der Waals surface area contributed by atoms with E-state index in [1.54, 1.807) is 11.3 Å². The Morgan fingerprint density at radius 1 is 1.50 bits per heavy atom. The van der Waals surface area contributed by atoms with Gasteiger partial charge in [-0.3, -0.25) is 0 Å². The van der Waals surface area contributed by atoms with Crippen molar-refractivity contribution < 1.29 is 0 Å². The lowest BCUT2D eigenvalue weighted by Gasteiger charge is -2.09. The van der Waals surface area contributed by atoms with E-state index in [0.717, 1.165) is 19.6 Å². The van der Waals surface area contributed by atoms with Crippen molar-refractivity contribution in [2.24, 2.45) is 0 Å². The van der Waals surface area contributed by atoms with Crippen molar-refractivity contribution in [3.05, 3.63) is 22.4 Å². The zero-order chi connectivity index (χ0) is 8.81. The minimum absolute atomic E-state index is 0.997. The number of likely N-dealkylation sites (N-methyl/N-ethyl adjacent to an activating group) is 1. The quantitative estimate of drug-likeness (QED) is 0.696. The van der Waals surface area contributed by atoms with Gasteiger partial charge < -0.3 is 10.2 Å². The van der Waals surface area contributed by atoms with Crippen LogP contribution in [-0.4, -0.2) is 32.1 Å². The normalized spacial score (nSPS) is 10.9. The first-order valence-corrected chi connectivity index (χ1v) is 5.10. The zero-order valence-electron chi connectivity index (χ0n) is 7.71. The van der Waals surface area contributed by atoms with E-state index in [4.69, 9.17) is 0 Å². The minimum Gasteiger partial charge on any atom is -0.311 e. The molecular weight excluding hydrogens is 168 g/mol. The highest BCUT2D eigenvalue weighted by atomic mass is 32.1. The number of hydrogen-bond donors (Lipinski definition) is 1. The molecule has 0 saturated carbocycles. The summed E-state index contributed by atoms with van der Waals surface area (Å²) in [5.74, 6) is 0. The second-order valence-electron chi connectivity index (χ2n) is 3.11. The van der Waals surface area contributed by atoms with Gasteiger partial charge in [0, 0.05) is 19.6 Å². The van der Waals surface area contributed by atoms with E-state index in [9.17, 15) is 0 Å². The maximum atomic E-state index is 3.38. The first-order chi connectivity index (χ1) is 5.79. The number of nitrogens with zero attached hydrogens (tertiary/aromatic N) is 1. The molecule has 2 nitrogen and oxygen atoms in total. The van der Waals surface area contributed by atoms with Crippen LogP contribution in [0.25, 0.3) is 0 Å². The maximum absolute atomic E-state index is 3.38. The van der Waals surface area contributed by atoms with Crippen LogP contribution in [0, 0.1) is 0 Å². The third-order valence-corrected chi connectivity index (χ3v) is 2.38. The molecule has 3 heteroatoms. The van der Waals surface area contributed by atoms with Gasteiger partial charge >= 0.3 is 0 Å². The molecule has 0 atom stereocenters. The molecule has 0 bridgehead atoms. The second kappa shape index (κ2) is 5.30. The molecule has 0 fully saturated rings. The van der Waals surface area contributed by atoms with Crippen LogP contribution in [-0.2, 0) is 6.54 Å². The van der Waals surface area contributed by atoms with Crippen LogP contribution < -0.4 is 5.32 Å². The van der Waals surface area contributed by atoms with Crippen LogP contribution in [0.3, 0.4) is 0 Å². The van der Waals surface area contributed by atoms with Crippen molar-refractivity contribution in [1.29, 1.82) is 0 Å². The third kappa shape index (κ3) is 3.85. The molecular formula is C9H16N2S. The van der Waals surface area contributed by atoms with Crippen molar-refractivity contribution >= 4 is 11.3 Å². The molecule has 0 aliphatic heterocycles. The highest BCUT2D eigenvalue weighted by Crippen LogP contribution is 2.04. The van der Waals surface area contributed by atoms with Gasteiger partial charge in [0.2, 0.25) is 0 Å². The molecule has 1 aromatic rings. The lowest BCUT2D eigenvalue weighted by atomic mass is 10.3. The predicted octanol–water partition coefficient (Wildman–Crippen LogP) is 1.40. The summed E-state index contributed by atoms with van der Waals surface area (Å²) in [6, 6.07) is 2.16. The number of hydrogen-bond acceptors (Lipinski definition) is 3. The number of thiophene rings is 1. The van der Waals surface area contributed by atoms with E-state index in [1.165, 1.54) is 5.56 Å². The number of rotatable bonds is 5. The first-order valence-electron chi connectivity index (χ1n) is 4.15. The summed E-state index contributed by atoms with van der Waals surface area (Å²) in [6.07, 6.45) is 0. The first kappa shape index (κ1) is 9.71. The predicted molar refractivity (Wildman–Crippen MR) is 54.6 cm³/mol. The average molecular weight is 184 g/mol. The van der Waals surface area contributed by atoms with E-state index >= 15 is 0 Å². The van der Waals surface area contributed by atoms with Gasteiger partial charge in [-0.05, 0) is 36.5 Å². The summed E-state index contributed by atoms with van der Waals surface area (Å²) < 4.78 is 0. The van der Waals surface area contributed by atoms with Gasteiger partial charge in [0.1, 0.15) is 0 Å². The summed E-state index contributed by atoms with van der Waals surface area (Å²) in [6.45, 7) is 3.16. The molecule has 1 rings (SSSR count). The van der Waals surface area contributed by atoms with Crippen molar-refractivity contribution in [2.45, 2.75) is 6.54 Å². The van der Waals surface area contributed by atoms with E-state index < -0.39 is 0 Å². The SMILES string of the molecule is CN(C)CCNCc1ccsc1. The summed E-state index contributed by atoms with van der Waals surface area (Å²) in [5, 5.41) is 7.68. The number of nitrogens with one attached hydrogen (secondary N) is 1. The van der Waals surface area contributed by atoms with Gasteiger partial charge in [0.25, 0.3) is 0 Å². The summed E-state index contributed by atoms with van der Waals surface area (Å²) in [4.78, 5) is 2.18. The Morgan fingerprint density at radius 3 is 2.92 bits per heavy atom. The van der Waals surface area contributed by atoms with Gasteiger partial charge in [0.15, 0.2) is 0 Å². The fourth-order valence-corrected chi connectivity index (χ4v) is 1.60. The fraction of sp³-hybridized carbons (Fsp3) is 0.556. The second-order valence-corrected chi connectivity index (χ2v) is 3.89. The average Bonchev–Trinajstić information content (AvgIpc) is 2.49. The molecule has 1 heterocycles. The smallest absolute Gasteiger partial charge is 0.0214 e. The largest absolute Gasteiger partial charge is 0.311 e. The Kier molecular flexibility index (Phi) is 4.29. The van der Waals surface area contributed by atoms with E-state index in [-0.39, 0.29) is 0 Å². The Bertz CT molecular complexity index is 194. The summed E-state index contributed by atoms with van der Waals surface area (Å²) in [7, 11) is 4.18. The van der Waals surface area contributed by atoms with Crippen LogP contribution in [0.2, 0.25) is 0 Å². The van der Waals surface area contributed by atoms with Crippen LogP contribution in [0.1, 0.15) is 5.56 Å². The van der Waals surface area contributed by atoms with Crippen molar-refractivity contribution in [2.75, 3.05) is 27.2 Å². The van der Waals surface area contributed by atoms with Crippen LogP contribution >= 0.6 is 11.3 Å². The molecule has 0 radical (unpaired) electrons. The van der Waals surface area contributed by atoms with E-state index in [0.29, 0.717) is 0 Å². The lowest BCUT2D eigenvalue weighted by Crippen LogP contribution is -2.25. The van der Waals surface area contributed by atoms with Gasteiger partial charge in [0.05, 0.1) is 0 Å². The molecule has 0 amide bonds. The molecule has 0 aliphatic rings. The Morgan fingerprint density at radius 2 is 2.33 bits per heavy atom. The Labute approximate surface area is 78.2 Å². The molecule has 0 saturated heterocycles. The molecule has 0 aliphatic carbocycles. The molecule has 0 unspecified atom stereocenters. The third-order valence-electron chi connectivity index (χ3n) is 1.65. The summed E-state index contributed by atoms with van der Waals surface area (Å²) in [5.41, 5.74) is 1.39. The zero-order valence-corrected chi connectivity index (χ0v) is 8.53. The van der Waals surface area contributed by atoms with E-state index in [1.807, 2.05) is 0 Å². The fourth-order valence-electron chi connectivity index (χ4n) is 0.929. The van der Waals surface area contributed by atoms with E-state index in [2.05, 4.69) is 41.1 Å². The van der Waals surface area contributed by atoms with Crippen molar-refractivity contribution in [3.63, 3.8) is 0 Å². The monoisotopic (exact) mass is 184 g/mol. The Hall–Kier alpha value is -0.380. The molecule has 0 aromatic carbocycles. The topological polar surface area (TPSA) is 15.3 Å². The minimum atomic E-state index is 0.997. The van der Waals surface area contributed by atoms with Gasteiger partial charge in [-0.25, -0.2) is 0 Å². The molecule has 1 N–H and O–H groups in total. The highest BCUT2D eigenvalue weighted by molar-refractivity contribution is 7.07. The van der Waals surface area contributed by atoms with Crippen LogP contribution in [0.4, 0.5) is 0 Å². The van der Waals surface area contributed by atoms with Crippen LogP contribution in [0.15, 0.2) is 16.8 Å². The molecule has 68 valence electrons. The van der Waals surface area contributed by atoms with Gasteiger partial charge in [-0.1, -0.05) is 0 Å². The van der Waals surface area contributed by atoms with Gasteiger partial charge in [-0.2, -0.15) is 11.3 Å². The van der Waals surface area contributed by atoms with Crippen molar-refractivity contribution in [1.82, 2.24) is 10.2 Å².